The van der Waals surface area contributed by atoms with Gasteiger partial charge in [0.05, 0.1) is 17.9 Å². The van der Waals surface area contributed by atoms with Crippen molar-refractivity contribution < 1.29 is 0 Å². The van der Waals surface area contributed by atoms with E-state index in [4.69, 9.17) is 11.6 Å². The van der Waals surface area contributed by atoms with Gasteiger partial charge in [-0.15, -0.1) is 0 Å². The molecule has 0 aliphatic rings. The Balaban J connectivity index is 2.69. The molecule has 5 heteroatoms. The summed E-state index contributed by atoms with van der Waals surface area (Å²) in [5.41, 5.74) is 0.395. The first-order valence-corrected chi connectivity index (χ1v) is 7.74. The van der Waals surface area contributed by atoms with E-state index < -0.39 is 0 Å². The minimum Gasteiger partial charge on any atom is -0.380 e. The zero-order chi connectivity index (χ0) is 15.3. The second-order valence-corrected chi connectivity index (χ2v) is 6.46. The van der Waals surface area contributed by atoms with E-state index in [-0.39, 0.29) is 22.7 Å². The third kappa shape index (κ3) is 4.82. The Morgan fingerprint density at radius 3 is 2.45 bits per heavy atom. The van der Waals surface area contributed by atoms with Crippen LogP contribution < -0.4 is 10.9 Å². The molecule has 4 nitrogen and oxygen atoms in total. The van der Waals surface area contributed by atoms with Gasteiger partial charge in [0.2, 0.25) is 0 Å². The van der Waals surface area contributed by atoms with E-state index in [1.807, 2.05) is 13.8 Å². The van der Waals surface area contributed by atoms with Crippen molar-refractivity contribution in [2.75, 3.05) is 5.32 Å². The van der Waals surface area contributed by atoms with Gasteiger partial charge in [-0.1, -0.05) is 38.3 Å². The van der Waals surface area contributed by atoms with E-state index >= 15 is 0 Å². The molecule has 1 aromatic rings. The van der Waals surface area contributed by atoms with Crippen molar-refractivity contribution in [1.29, 1.82) is 0 Å². The van der Waals surface area contributed by atoms with E-state index in [0.717, 1.165) is 12.3 Å². The topological polar surface area (TPSA) is 46.9 Å². The lowest BCUT2D eigenvalue weighted by Crippen LogP contribution is -2.27. The summed E-state index contributed by atoms with van der Waals surface area (Å²) in [7, 11) is 0. The predicted molar refractivity (Wildman–Crippen MR) is 85.7 cm³/mol. The number of hydrogen-bond acceptors (Lipinski definition) is 3. The average Bonchev–Trinajstić information content (AvgIpc) is 2.34. The Labute approximate surface area is 126 Å². The molecule has 20 heavy (non-hydrogen) atoms. The number of nitrogens with zero attached hydrogens (tertiary/aromatic N) is 2. The number of anilines is 1. The van der Waals surface area contributed by atoms with Crippen molar-refractivity contribution >= 4 is 17.3 Å². The van der Waals surface area contributed by atoms with Gasteiger partial charge in [0, 0.05) is 6.04 Å². The molecule has 0 saturated carbocycles. The first kappa shape index (κ1) is 17.0. The van der Waals surface area contributed by atoms with Gasteiger partial charge in [-0.25, -0.2) is 4.68 Å². The van der Waals surface area contributed by atoms with Crippen molar-refractivity contribution in [3.05, 3.63) is 21.6 Å². The molecule has 0 saturated heterocycles. The minimum atomic E-state index is -0.235. The molecule has 1 atom stereocenters. The standard InChI is InChI=1S/C15H26ClN3O/c1-10(2)7-6-8-12(5)18-13-9-17-19(11(3)4)15(20)14(13)16/h9-12,18H,6-8H2,1-5H3. The van der Waals surface area contributed by atoms with Crippen LogP contribution >= 0.6 is 11.6 Å². The molecule has 1 rings (SSSR count). The van der Waals surface area contributed by atoms with Crippen molar-refractivity contribution in [1.82, 2.24) is 9.78 Å². The molecular formula is C15H26ClN3O. The Morgan fingerprint density at radius 1 is 1.25 bits per heavy atom. The summed E-state index contributed by atoms with van der Waals surface area (Å²) >= 11 is 6.14. The summed E-state index contributed by atoms with van der Waals surface area (Å²) < 4.78 is 1.40. The second kappa shape index (κ2) is 7.67. The predicted octanol–water partition coefficient (Wildman–Crippen LogP) is 4.10. The zero-order valence-corrected chi connectivity index (χ0v) is 13.9. The minimum absolute atomic E-state index is 0.0116. The molecule has 1 N–H and O–H groups in total. The molecular weight excluding hydrogens is 274 g/mol. The largest absolute Gasteiger partial charge is 0.380 e. The summed E-state index contributed by atoms with van der Waals surface area (Å²) in [5, 5.41) is 7.67. The fourth-order valence-corrected chi connectivity index (χ4v) is 2.27. The highest BCUT2D eigenvalue weighted by atomic mass is 35.5. The van der Waals surface area contributed by atoms with Gasteiger partial charge >= 0.3 is 0 Å². The van der Waals surface area contributed by atoms with Crippen molar-refractivity contribution in [2.24, 2.45) is 5.92 Å². The monoisotopic (exact) mass is 299 g/mol. The van der Waals surface area contributed by atoms with Gasteiger partial charge in [0.25, 0.3) is 5.56 Å². The van der Waals surface area contributed by atoms with Crippen LogP contribution in [0.1, 0.15) is 59.9 Å². The lowest BCUT2D eigenvalue weighted by molar-refractivity contribution is 0.501. The number of nitrogens with one attached hydrogen (secondary N) is 1. The van der Waals surface area contributed by atoms with Crippen LogP contribution in [-0.4, -0.2) is 15.8 Å². The normalized spacial score (nSPS) is 13.0. The molecule has 1 unspecified atom stereocenters. The van der Waals surface area contributed by atoms with Crippen LogP contribution in [0.15, 0.2) is 11.0 Å². The van der Waals surface area contributed by atoms with Crippen molar-refractivity contribution in [3.8, 4) is 0 Å². The van der Waals surface area contributed by atoms with Crippen molar-refractivity contribution in [3.63, 3.8) is 0 Å². The van der Waals surface area contributed by atoms with E-state index in [2.05, 4.69) is 31.2 Å². The van der Waals surface area contributed by atoms with Gasteiger partial charge in [-0.2, -0.15) is 5.10 Å². The number of rotatable bonds is 7. The first-order valence-electron chi connectivity index (χ1n) is 7.36. The van der Waals surface area contributed by atoms with Gasteiger partial charge in [-0.05, 0) is 33.1 Å². The van der Waals surface area contributed by atoms with Crippen molar-refractivity contribution in [2.45, 2.75) is 66.0 Å². The van der Waals surface area contributed by atoms with Crippen LogP contribution in [0.25, 0.3) is 0 Å². The third-order valence-corrected chi connectivity index (χ3v) is 3.62. The summed E-state index contributed by atoms with van der Waals surface area (Å²) in [4.78, 5) is 12.0. The molecule has 0 aromatic carbocycles. The molecule has 0 aliphatic heterocycles. The second-order valence-electron chi connectivity index (χ2n) is 6.09. The van der Waals surface area contributed by atoms with Crippen LogP contribution in [0.5, 0.6) is 0 Å². The number of halogens is 1. The lowest BCUT2D eigenvalue weighted by Gasteiger charge is -2.17. The summed E-state index contributed by atoms with van der Waals surface area (Å²) in [6.45, 7) is 10.4. The smallest absolute Gasteiger partial charge is 0.287 e. The summed E-state index contributed by atoms with van der Waals surface area (Å²) in [6.07, 6.45) is 5.08. The Kier molecular flexibility index (Phi) is 6.53. The van der Waals surface area contributed by atoms with E-state index in [1.165, 1.54) is 17.5 Å². The van der Waals surface area contributed by atoms with Crippen LogP contribution in [0.2, 0.25) is 5.02 Å². The zero-order valence-electron chi connectivity index (χ0n) is 13.1. The molecule has 0 aliphatic carbocycles. The maximum Gasteiger partial charge on any atom is 0.287 e. The number of aromatic nitrogens is 2. The first-order chi connectivity index (χ1) is 9.32. The molecule has 1 aromatic heterocycles. The SMILES string of the molecule is CC(C)CCCC(C)Nc1cnn(C(C)C)c(=O)c1Cl. The summed E-state index contributed by atoms with van der Waals surface area (Å²) in [6, 6.07) is 0.292. The summed E-state index contributed by atoms with van der Waals surface area (Å²) in [5.74, 6) is 0.724. The maximum atomic E-state index is 12.0. The fraction of sp³-hybridized carbons (Fsp3) is 0.733. The molecule has 0 amide bonds. The van der Waals surface area contributed by atoms with Gasteiger partial charge < -0.3 is 5.32 Å². The third-order valence-electron chi connectivity index (χ3n) is 3.25. The molecule has 0 bridgehead atoms. The fourth-order valence-electron chi connectivity index (χ4n) is 2.08. The van der Waals surface area contributed by atoms with E-state index in [9.17, 15) is 4.79 Å². The Bertz CT molecular complexity index is 482. The quantitative estimate of drug-likeness (QED) is 0.824. The molecule has 1 heterocycles. The highest BCUT2D eigenvalue weighted by Gasteiger charge is 2.13. The molecule has 0 spiro atoms. The molecule has 114 valence electrons. The van der Waals surface area contributed by atoms with Gasteiger partial charge in [0.1, 0.15) is 5.02 Å². The molecule has 0 radical (unpaired) electrons. The molecule has 0 fully saturated rings. The maximum absolute atomic E-state index is 12.0. The van der Waals surface area contributed by atoms with E-state index in [0.29, 0.717) is 5.69 Å². The number of hydrogen-bond donors (Lipinski definition) is 1. The highest BCUT2D eigenvalue weighted by Crippen LogP contribution is 2.19. The van der Waals surface area contributed by atoms with Gasteiger partial charge in [0.15, 0.2) is 0 Å². The highest BCUT2D eigenvalue weighted by molar-refractivity contribution is 6.32. The average molecular weight is 300 g/mol. The van der Waals surface area contributed by atoms with Gasteiger partial charge in [-0.3, -0.25) is 4.79 Å². The Morgan fingerprint density at radius 2 is 1.90 bits per heavy atom. The Hall–Kier alpha value is -1.03. The van der Waals surface area contributed by atoms with E-state index in [1.54, 1.807) is 6.20 Å². The lowest BCUT2D eigenvalue weighted by atomic mass is 10.0. The van der Waals surface area contributed by atoms with Crippen LogP contribution in [0.4, 0.5) is 5.69 Å². The van der Waals surface area contributed by atoms with Crippen LogP contribution in [-0.2, 0) is 0 Å². The van der Waals surface area contributed by atoms with Crippen LogP contribution in [0.3, 0.4) is 0 Å². The van der Waals surface area contributed by atoms with Crippen LogP contribution in [0, 0.1) is 5.92 Å².